The molecule has 4 aromatic rings. The summed E-state index contributed by atoms with van der Waals surface area (Å²) in [7, 11) is -2.23. The molecule has 0 saturated carbocycles. The van der Waals surface area contributed by atoms with Gasteiger partial charge in [0.1, 0.15) is 11.6 Å². The molecule has 0 aliphatic rings. The molecule has 0 aliphatic carbocycles. The number of anilines is 5. The third kappa shape index (κ3) is 7.33. The van der Waals surface area contributed by atoms with Gasteiger partial charge in [0.15, 0.2) is 5.82 Å². The molecule has 12 nitrogen and oxygen atoms in total. The zero-order valence-corrected chi connectivity index (χ0v) is 23.4. The minimum Gasteiger partial charge on any atom is -0.394 e. The van der Waals surface area contributed by atoms with Gasteiger partial charge in [-0.15, -0.1) is 0 Å². The Morgan fingerprint density at radius 1 is 1.10 bits per heavy atom. The van der Waals surface area contributed by atoms with Crippen LogP contribution in [0, 0.1) is 4.78 Å². The summed E-state index contributed by atoms with van der Waals surface area (Å²) in [6.07, 6.45) is 1.64. The summed E-state index contributed by atoms with van der Waals surface area (Å²) in [5.74, 6) is 1.75. The van der Waals surface area contributed by atoms with E-state index >= 15 is 0 Å². The van der Waals surface area contributed by atoms with Crippen molar-refractivity contribution in [1.82, 2.24) is 15.1 Å². The summed E-state index contributed by atoms with van der Waals surface area (Å²) in [4.78, 5) is 21.8. The van der Waals surface area contributed by atoms with Crippen LogP contribution in [0.1, 0.15) is 33.5 Å². The number of benzene rings is 2. The molecular weight excluding hydrogens is 532 g/mol. The average Bonchev–Trinajstić information content (AvgIpc) is 3.38. The number of nitrogens with one attached hydrogen (secondary N) is 5. The minimum absolute atomic E-state index is 0.106. The maximum absolute atomic E-state index is 12.5. The van der Waals surface area contributed by atoms with E-state index in [2.05, 4.69) is 36.4 Å². The highest BCUT2D eigenvalue weighted by Crippen LogP contribution is 2.29. The molecule has 13 heteroatoms. The molecule has 2 amide bonds. The van der Waals surface area contributed by atoms with Crippen molar-refractivity contribution in [1.29, 1.82) is 4.78 Å². The van der Waals surface area contributed by atoms with Crippen LogP contribution >= 0.6 is 0 Å². The van der Waals surface area contributed by atoms with Gasteiger partial charge in [-0.25, -0.2) is 14.0 Å². The van der Waals surface area contributed by atoms with Gasteiger partial charge in [0.2, 0.25) is 5.95 Å². The maximum atomic E-state index is 12.5. The summed E-state index contributed by atoms with van der Waals surface area (Å²) in [5.41, 5.74) is 2.39. The molecule has 2 heterocycles. The molecular formula is C27H32N8O4S. The number of urea groups is 1. The van der Waals surface area contributed by atoms with Crippen LogP contribution in [0.25, 0.3) is 11.1 Å². The molecule has 4 rings (SSSR count). The SMILES string of the molecule is CC(CO)Nc1nc(Nc2cccc([SH](=N)=O)c2)ncc1-c1ccc(NC(=O)Nc2cc(C(C)(C)C)on2)cc1. The number of thiol groups is 1. The van der Waals surface area contributed by atoms with Gasteiger partial charge in [-0.05, 0) is 42.8 Å². The Kier molecular flexibility index (Phi) is 8.65. The third-order valence-corrected chi connectivity index (χ3v) is 6.47. The van der Waals surface area contributed by atoms with Gasteiger partial charge in [0, 0.05) is 45.6 Å². The van der Waals surface area contributed by atoms with E-state index < -0.39 is 16.6 Å². The van der Waals surface area contributed by atoms with E-state index in [9.17, 15) is 14.1 Å². The van der Waals surface area contributed by atoms with Crippen molar-refractivity contribution in [2.75, 3.05) is 27.9 Å². The lowest BCUT2D eigenvalue weighted by atomic mass is 9.93. The Morgan fingerprint density at radius 2 is 1.85 bits per heavy atom. The molecule has 0 fully saturated rings. The number of nitrogens with zero attached hydrogens (tertiary/aromatic N) is 3. The van der Waals surface area contributed by atoms with Gasteiger partial charge < -0.3 is 25.6 Å². The summed E-state index contributed by atoms with van der Waals surface area (Å²) in [5, 5.41) is 25.2. The zero-order valence-electron chi connectivity index (χ0n) is 22.5. The Labute approximate surface area is 233 Å². The summed E-state index contributed by atoms with van der Waals surface area (Å²) in [6.45, 7) is 7.68. The van der Waals surface area contributed by atoms with Gasteiger partial charge >= 0.3 is 6.03 Å². The summed E-state index contributed by atoms with van der Waals surface area (Å²) < 4.78 is 24.3. The highest BCUT2D eigenvalue weighted by atomic mass is 32.2. The van der Waals surface area contributed by atoms with Crippen LogP contribution in [-0.4, -0.2) is 43.1 Å². The van der Waals surface area contributed by atoms with Gasteiger partial charge in [-0.2, -0.15) is 4.98 Å². The zero-order chi connectivity index (χ0) is 28.9. The smallest absolute Gasteiger partial charge is 0.324 e. The van der Waals surface area contributed by atoms with E-state index in [-0.39, 0.29) is 24.0 Å². The number of carbonyl (C=O) groups excluding carboxylic acids is 1. The van der Waals surface area contributed by atoms with E-state index in [0.717, 1.165) is 5.56 Å². The minimum atomic E-state index is -2.23. The molecule has 2 unspecified atom stereocenters. The Bertz CT molecular complexity index is 1550. The first-order valence-electron chi connectivity index (χ1n) is 12.5. The van der Waals surface area contributed by atoms with Gasteiger partial charge in [0.05, 0.1) is 17.2 Å². The van der Waals surface area contributed by atoms with Gasteiger partial charge in [-0.3, -0.25) is 10.1 Å². The largest absolute Gasteiger partial charge is 0.394 e. The molecule has 2 aromatic carbocycles. The first-order valence-corrected chi connectivity index (χ1v) is 13.7. The summed E-state index contributed by atoms with van der Waals surface area (Å²) >= 11 is 0. The predicted octanol–water partition coefficient (Wildman–Crippen LogP) is 5.21. The van der Waals surface area contributed by atoms with E-state index in [1.165, 1.54) is 0 Å². The second kappa shape index (κ2) is 12.1. The molecule has 0 saturated heterocycles. The first-order chi connectivity index (χ1) is 19.0. The molecule has 2 aromatic heterocycles. The van der Waals surface area contributed by atoms with Crippen LogP contribution in [0.15, 0.2) is 70.2 Å². The number of hydrogen-bond acceptors (Lipinski definition) is 10. The van der Waals surface area contributed by atoms with Crippen molar-refractivity contribution in [2.24, 2.45) is 0 Å². The molecule has 0 spiro atoms. The van der Waals surface area contributed by atoms with Crippen LogP contribution in [0.3, 0.4) is 0 Å². The van der Waals surface area contributed by atoms with E-state index in [1.807, 2.05) is 39.8 Å². The highest BCUT2D eigenvalue weighted by molar-refractivity contribution is 7.73. The second-order valence-corrected chi connectivity index (χ2v) is 11.2. The van der Waals surface area contributed by atoms with Gasteiger partial charge in [-0.1, -0.05) is 44.1 Å². The Balaban J connectivity index is 1.50. The molecule has 0 radical (unpaired) electrons. The van der Waals surface area contributed by atoms with Crippen molar-refractivity contribution >= 4 is 45.6 Å². The number of carbonyl (C=O) groups is 1. The van der Waals surface area contributed by atoms with Crippen molar-refractivity contribution in [3.05, 3.63) is 66.6 Å². The van der Waals surface area contributed by atoms with E-state index in [0.29, 0.717) is 39.2 Å². The third-order valence-electron chi connectivity index (χ3n) is 5.73. The number of aromatic nitrogens is 3. The Morgan fingerprint density at radius 3 is 2.50 bits per heavy atom. The fraction of sp³-hybridized carbons (Fsp3) is 0.259. The lowest BCUT2D eigenvalue weighted by Gasteiger charge is -2.17. The molecule has 2 atom stereocenters. The van der Waals surface area contributed by atoms with Crippen molar-refractivity contribution < 1.29 is 18.6 Å². The van der Waals surface area contributed by atoms with Crippen molar-refractivity contribution in [3.8, 4) is 11.1 Å². The topological polar surface area (TPSA) is 178 Å². The van der Waals surface area contributed by atoms with Crippen LogP contribution in [0.5, 0.6) is 0 Å². The fourth-order valence-electron chi connectivity index (χ4n) is 3.58. The second-order valence-electron chi connectivity index (χ2n) is 10.1. The molecule has 40 heavy (non-hydrogen) atoms. The van der Waals surface area contributed by atoms with Crippen LogP contribution < -0.4 is 21.3 Å². The number of aliphatic hydroxyl groups excluding tert-OH is 1. The number of hydrogen-bond donors (Lipinski definition) is 7. The van der Waals surface area contributed by atoms with Crippen molar-refractivity contribution in [2.45, 2.75) is 44.0 Å². The fourth-order valence-corrected chi connectivity index (χ4v) is 4.06. The van der Waals surface area contributed by atoms with E-state index in [1.54, 1.807) is 48.7 Å². The monoisotopic (exact) mass is 564 g/mol. The quantitative estimate of drug-likeness (QED) is 0.134. The van der Waals surface area contributed by atoms with E-state index in [4.69, 9.17) is 9.30 Å². The average molecular weight is 565 g/mol. The molecule has 6 N–H and O–H groups in total. The highest BCUT2D eigenvalue weighted by Gasteiger charge is 2.20. The normalized spacial score (nSPS) is 12.8. The number of aliphatic hydroxyl groups is 1. The van der Waals surface area contributed by atoms with Crippen LogP contribution in [-0.2, 0) is 16.0 Å². The predicted molar refractivity (Wildman–Crippen MR) is 156 cm³/mol. The Hall–Kier alpha value is -4.49. The number of amides is 2. The van der Waals surface area contributed by atoms with Crippen LogP contribution in [0.4, 0.5) is 33.8 Å². The molecule has 0 bridgehead atoms. The standard InChI is InChI=1S/C27H32N8O4S/c1-16(15-36)30-24-21(14-29-25(34-24)31-19-6-5-7-20(12-19)40(28)38)17-8-10-18(11-9-17)32-26(37)33-23-13-22(39-35-23)27(2,3)4/h5-14,16,28,36,40H,15H2,1-4H3,(H2,29,30,31,34)(H2,32,33,35,37). The number of rotatable bonds is 9. The lowest BCUT2D eigenvalue weighted by molar-refractivity contribution is 0.262. The van der Waals surface area contributed by atoms with Gasteiger partial charge in [0.25, 0.3) is 0 Å². The van der Waals surface area contributed by atoms with Crippen LogP contribution in [0.2, 0.25) is 0 Å². The first kappa shape index (κ1) is 28.5. The lowest BCUT2D eigenvalue weighted by Crippen LogP contribution is -2.21. The molecule has 210 valence electrons. The summed E-state index contributed by atoms with van der Waals surface area (Å²) in [6, 6.07) is 14.8. The van der Waals surface area contributed by atoms with Crippen molar-refractivity contribution in [3.63, 3.8) is 0 Å². The molecule has 0 aliphatic heterocycles. The maximum Gasteiger partial charge on any atom is 0.324 e.